The Balaban J connectivity index is 2.80. The van der Waals surface area contributed by atoms with Gasteiger partial charge in [0, 0.05) is 12.3 Å². The van der Waals surface area contributed by atoms with Crippen LogP contribution >= 0.6 is 0 Å². The predicted molar refractivity (Wildman–Crippen MR) is 46.2 cm³/mol. The SMILES string of the molecule is CCC1=CC=C(F)C(C)C(F)C1. The Morgan fingerprint density at radius 2 is 2.17 bits per heavy atom. The first-order chi connectivity index (χ1) is 5.65. The lowest BCUT2D eigenvalue weighted by Crippen LogP contribution is -2.12. The minimum absolute atomic E-state index is 0.342. The van der Waals surface area contributed by atoms with E-state index in [1.807, 2.05) is 6.92 Å². The summed E-state index contributed by atoms with van der Waals surface area (Å²) in [6.45, 7) is 3.54. The quantitative estimate of drug-likeness (QED) is 0.567. The standard InChI is InChI=1S/C10H14F2/c1-3-8-4-5-9(11)7(2)10(12)6-8/h4-5,7,10H,3,6H2,1-2H3. The molecule has 0 N–H and O–H groups in total. The van der Waals surface area contributed by atoms with Crippen LogP contribution in [0.5, 0.6) is 0 Å². The molecule has 0 bridgehead atoms. The third kappa shape index (κ3) is 1.93. The summed E-state index contributed by atoms with van der Waals surface area (Å²) in [5, 5.41) is 0. The van der Waals surface area contributed by atoms with E-state index in [0.29, 0.717) is 6.42 Å². The molecule has 0 aromatic carbocycles. The molecule has 0 saturated heterocycles. The second-order valence-corrected chi connectivity index (χ2v) is 3.24. The van der Waals surface area contributed by atoms with E-state index < -0.39 is 12.1 Å². The van der Waals surface area contributed by atoms with E-state index in [9.17, 15) is 8.78 Å². The molecular weight excluding hydrogens is 158 g/mol. The van der Waals surface area contributed by atoms with Crippen molar-refractivity contribution in [2.75, 3.05) is 0 Å². The lowest BCUT2D eigenvalue weighted by molar-refractivity contribution is 0.243. The van der Waals surface area contributed by atoms with Crippen LogP contribution in [-0.2, 0) is 0 Å². The van der Waals surface area contributed by atoms with Crippen LogP contribution in [0.25, 0.3) is 0 Å². The van der Waals surface area contributed by atoms with Crippen LogP contribution in [-0.4, -0.2) is 6.17 Å². The fraction of sp³-hybridized carbons (Fsp3) is 0.600. The summed E-state index contributed by atoms with van der Waals surface area (Å²) in [6, 6.07) is 0. The number of rotatable bonds is 1. The molecule has 1 aliphatic rings. The lowest BCUT2D eigenvalue weighted by Gasteiger charge is -2.13. The van der Waals surface area contributed by atoms with Crippen molar-refractivity contribution in [2.24, 2.45) is 5.92 Å². The van der Waals surface area contributed by atoms with E-state index in [0.717, 1.165) is 12.0 Å². The van der Waals surface area contributed by atoms with Crippen molar-refractivity contribution in [3.8, 4) is 0 Å². The van der Waals surface area contributed by atoms with Gasteiger partial charge in [-0.2, -0.15) is 0 Å². The van der Waals surface area contributed by atoms with Crippen molar-refractivity contribution in [3.63, 3.8) is 0 Å². The van der Waals surface area contributed by atoms with Gasteiger partial charge in [-0.1, -0.05) is 25.5 Å². The number of allylic oxidation sites excluding steroid dienone is 4. The highest BCUT2D eigenvalue weighted by Crippen LogP contribution is 2.28. The van der Waals surface area contributed by atoms with E-state index in [2.05, 4.69) is 0 Å². The maximum absolute atomic E-state index is 13.2. The van der Waals surface area contributed by atoms with Crippen LogP contribution in [0, 0.1) is 5.92 Å². The molecule has 0 aromatic rings. The van der Waals surface area contributed by atoms with Crippen LogP contribution in [0.4, 0.5) is 8.78 Å². The van der Waals surface area contributed by atoms with Gasteiger partial charge in [0.05, 0.1) is 0 Å². The second-order valence-electron chi connectivity index (χ2n) is 3.24. The molecule has 2 unspecified atom stereocenters. The van der Waals surface area contributed by atoms with Gasteiger partial charge in [0.2, 0.25) is 0 Å². The van der Waals surface area contributed by atoms with Crippen LogP contribution < -0.4 is 0 Å². The average Bonchev–Trinajstić information content (AvgIpc) is 2.19. The molecule has 0 fully saturated rings. The van der Waals surface area contributed by atoms with Gasteiger partial charge in [-0.15, -0.1) is 0 Å². The smallest absolute Gasteiger partial charge is 0.113 e. The Bertz CT molecular complexity index is 210. The normalized spacial score (nSPS) is 30.7. The number of halogens is 2. The van der Waals surface area contributed by atoms with Gasteiger partial charge < -0.3 is 0 Å². The fourth-order valence-corrected chi connectivity index (χ4v) is 1.28. The zero-order valence-corrected chi connectivity index (χ0v) is 7.48. The molecule has 68 valence electrons. The zero-order valence-electron chi connectivity index (χ0n) is 7.48. The molecule has 2 heteroatoms. The topological polar surface area (TPSA) is 0 Å². The van der Waals surface area contributed by atoms with Gasteiger partial charge in [-0.3, -0.25) is 0 Å². The Labute approximate surface area is 72.0 Å². The molecule has 0 radical (unpaired) electrons. The first kappa shape index (κ1) is 9.43. The van der Waals surface area contributed by atoms with Crippen molar-refractivity contribution in [1.82, 2.24) is 0 Å². The fourth-order valence-electron chi connectivity index (χ4n) is 1.28. The molecule has 0 aliphatic heterocycles. The van der Waals surface area contributed by atoms with Gasteiger partial charge in [0.25, 0.3) is 0 Å². The number of hydrogen-bond donors (Lipinski definition) is 0. The van der Waals surface area contributed by atoms with Gasteiger partial charge in [-0.25, -0.2) is 8.78 Å². The largest absolute Gasteiger partial charge is 0.246 e. The van der Waals surface area contributed by atoms with Crippen molar-refractivity contribution in [3.05, 3.63) is 23.6 Å². The van der Waals surface area contributed by atoms with Gasteiger partial charge in [-0.05, 0) is 12.5 Å². The summed E-state index contributed by atoms with van der Waals surface area (Å²) in [7, 11) is 0. The summed E-state index contributed by atoms with van der Waals surface area (Å²) in [4.78, 5) is 0. The van der Waals surface area contributed by atoms with E-state index in [1.54, 1.807) is 13.0 Å². The van der Waals surface area contributed by atoms with Crippen LogP contribution in [0.2, 0.25) is 0 Å². The molecule has 1 aliphatic carbocycles. The predicted octanol–water partition coefficient (Wildman–Crippen LogP) is 3.55. The van der Waals surface area contributed by atoms with Crippen LogP contribution in [0.15, 0.2) is 23.6 Å². The Morgan fingerprint density at radius 1 is 1.50 bits per heavy atom. The molecule has 1 rings (SSSR count). The van der Waals surface area contributed by atoms with Gasteiger partial charge >= 0.3 is 0 Å². The lowest BCUT2D eigenvalue weighted by atomic mass is 9.99. The summed E-state index contributed by atoms with van der Waals surface area (Å²) in [5.41, 5.74) is 0.988. The first-order valence-electron chi connectivity index (χ1n) is 4.34. The van der Waals surface area contributed by atoms with E-state index in [1.165, 1.54) is 6.08 Å². The van der Waals surface area contributed by atoms with Crippen molar-refractivity contribution >= 4 is 0 Å². The molecule has 0 spiro atoms. The van der Waals surface area contributed by atoms with Gasteiger partial charge in [0.1, 0.15) is 12.0 Å². The highest BCUT2D eigenvalue weighted by molar-refractivity contribution is 5.20. The molecule has 0 heterocycles. The summed E-state index contributed by atoms with van der Waals surface area (Å²) < 4.78 is 26.2. The maximum atomic E-state index is 13.2. The minimum atomic E-state index is -1.06. The van der Waals surface area contributed by atoms with Gasteiger partial charge in [0.15, 0.2) is 0 Å². The molecule has 12 heavy (non-hydrogen) atoms. The summed E-state index contributed by atoms with van der Waals surface area (Å²) in [5.74, 6) is -0.920. The number of alkyl halides is 1. The summed E-state index contributed by atoms with van der Waals surface area (Å²) >= 11 is 0. The maximum Gasteiger partial charge on any atom is 0.113 e. The van der Waals surface area contributed by atoms with Crippen molar-refractivity contribution in [1.29, 1.82) is 0 Å². The van der Waals surface area contributed by atoms with Crippen LogP contribution in [0.3, 0.4) is 0 Å². The van der Waals surface area contributed by atoms with E-state index >= 15 is 0 Å². The van der Waals surface area contributed by atoms with Crippen molar-refractivity contribution in [2.45, 2.75) is 32.9 Å². The minimum Gasteiger partial charge on any atom is -0.246 e. The zero-order chi connectivity index (χ0) is 9.14. The second kappa shape index (κ2) is 3.83. The summed E-state index contributed by atoms with van der Waals surface area (Å²) in [6.07, 6.45) is 3.21. The van der Waals surface area contributed by atoms with E-state index in [4.69, 9.17) is 0 Å². The molecule has 2 atom stereocenters. The molecule has 0 amide bonds. The third-order valence-corrected chi connectivity index (χ3v) is 2.37. The highest BCUT2D eigenvalue weighted by Gasteiger charge is 2.22. The van der Waals surface area contributed by atoms with E-state index in [-0.39, 0.29) is 5.83 Å². The Hall–Kier alpha value is -0.660. The third-order valence-electron chi connectivity index (χ3n) is 2.37. The first-order valence-corrected chi connectivity index (χ1v) is 4.34. The number of hydrogen-bond acceptors (Lipinski definition) is 0. The Morgan fingerprint density at radius 3 is 2.75 bits per heavy atom. The Kier molecular flexibility index (Phi) is 3.01. The highest BCUT2D eigenvalue weighted by atomic mass is 19.1. The molecular formula is C10H14F2. The van der Waals surface area contributed by atoms with Crippen molar-refractivity contribution < 1.29 is 8.78 Å². The molecule has 0 nitrogen and oxygen atoms in total. The monoisotopic (exact) mass is 172 g/mol. The average molecular weight is 172 g/mol. The molecule has 0 aromatic heterocycles. The van der Waals surface area contributed by atoms with Crippen LogP contribution in [0.1, 0.15) is 26.7 Å². The molecule has 0 saturated carbocycles.